The van der Waals surface area contributed by atoms with E-state index in [1.165, 1.54) is 24.7 Å². The van der Waals surface area contributed by atoms with E-state index in [-0.39, 0.29) is 18.8 Å². The van der Waals surface area contributed by atoms with Gasteiger partial charge in [0.1, 0.15) is 11.6 Å². The summed E-state index contributed by atoms with van der Waals surface area (Å²) in [6.45, 7) is -0.179. The van der Waals surface area contributed by atoms with Gasteiger partial charge in [0.15, 0.2) is 5.69 Å². The van der Waals surface area contributed by atoms with Gasteiger partial charge in [0.2, 0.25) is 5.91 Å². The van der Waals surface area contributed by atoms with Gasteiger partial charge in [-0.3, -0.25) is 18.7 Å². The molecule has 2 heterocycles. The number of nitrogens with one attached hydrogen (secondary N) is 1. The van der Waals surface area contributed by atoms with Crippen LogP contribution >= 0.6 is 11.3 Å². The number of nitrogens with zero attached hydrogens (tertiary/aromatic N) is 3. The highest BCUT2D eigenvalue weighted by Crippen LogP contribution is 2.09. The lowest BCUT2D eigenvalue weighted by molar-refractivity contribution is -0.121. The largest absolute Gasteiger partial charge is 0.476 e. The van der Waals surface area contributed by atoms with E-state index < -0.39 is 23.1 Å². The SMILES string of the molecule is Cn1c(=O)ccn(CC(=O)NCc2nc(C(=O)O)cs2)c1=O. The maximum atomic E-state index is 11.8. The topological polar surface area (TPSA) is 123 Å². The van der Waals surface area contributed by atoms with Gasteiger partial charge in [-0.1, -0.05) is 0 Å². The summed E-state index contributed by atoms with van der Waals surface area (Å²) in [5, 5.41) is 13.1. The molecule has 0 saturated carbocycles. The fourth-order valence-corrected chi connectivity index (χ4v) is 2.32. The highest BCUT2D eigenvalue weighted by molar-refractivity contribution is 7.09. The summed E-state index contributed by atoms with van der Waals surface area (Å²) in [4.78, 5) is 49.3. The number of hydrogen-bond acceptors (Lipinski definition) is 6. The van der Waals surface area contributed by atoms with Crippen molar-refractivity contribution in [3.63, 3.8) is 0 Å². The van der Waals surface area contributed by atoms with Gasteiger partial charge in [0, 0.05) is 24.7 Å². The van der Waals surface area contributed by atoms with Crippen LogP contribution in [0.15, 0.2) is 27.2 Å². The number of carboxylic acid groups (broad SMARTS) is 1. The predicted molar refractivity (Wildman–Crippen MR) is 76.9 cm³/mol. The number of carbonyl (C=O) groups is 2. The minimum atomic E-state index is -1.13. The molecule has 2 aromatic rings. The minimum absolute atomic E-state index is 0.0668. The maximum absolute atomic E-state index is 11.8. The Balaban J connectivity index is 1.98. The van der Waals surface area contributed by atoms with Gasteiger partial charge in [0.05, 0.1) is 6.54 Å². The molecular weight excluding hydrogens is 312 g/mol. The van der Waals surface area contributed by atoms with Crippen molar-refractivity contribution in [1.29, 1.82) is 0 Å². The third-order valence-electron chi connectivity index (χ3n) is 2.78. The molecule has 9 nitrogen and oxygen atoms in total. The highest BCUT2D eigenvalue weighted by atomic mass is 32.1. The second kappa shape index (κ2) is 6.35. The number of thiazole rings is 1. The van der Waals surface area contributed by atoms with E-state index in [1.54, 1.807) is 0 Å². The average Bonchev–Trinajstić information content (AvgIpc) is 2.95. The number of amides is 1. The summed E-state index contributed by atoms with van der Waals surface area (Å²) in [7, 11) is 1.32. The van der Waals surface area contributed by atoms with E-state index in [2.05, 4.69) is 10.3 Å². The number of hydrogen-bond donors (Lipinski definition) is 2. The molecule has 0 bridgehead atoms. The van der Waals surface area contributed by atoms with Gasteiger partial charge in [-0.25, -0.2) is 14.6 Å². The average molecular weight is 324 g/mol. The first-order chi connectivity index (χ1) is 10.4. The lowest BCUT2D eigenvalue weighted by Crippen LogP contribution is -2.40. The van der Waals surface area contributed by atoms with E-state index in [1.807, 2.05) is 0 Å². The highest BCUT2D eigenvalue weighted by Gasteiger charge is 2.10. The lowest BCUT2D eigenvalue weighted by atomic mass is 10.5. The van der Waals surface area contributed by atoms with Crippen LogP contribution in [0.1, 0.15) is 15.5 Å². The van der Waals surface area contributed by atoms with E-state index in [0.717, 1.165) is 20.5 Å². The van der Waals surface area contributed by atoms with Crippen molar-refractivity contribution in [3.05, 3.63) is 49.2 Å². The van der Waals surface area contributed by atoms with Gasteiger partial charge in [0.25, 0.3) is 5.56 Å². The maximum Gasteiger partial charge on any atom is 0.355 e. The van der Waals surface area contributed by atoms with Gasteiger partial charge >= 0.3 is 11.7 Å². The predicted octanol–water partition coefficient (Wildman–Crippen LogP) is -0.982. The number of carbonyl (C=O) groups excluding carboxylic acids is 1. The summed E-state index contributed by atoms with van der Waals surface area (Å²) < 4.78 is 1.99. The molecule has 2 N–H and O–H groups in total. The second-order valence-electron chi connectivity index (χ2n) is 4.33. The number of rotatable bonds is 5. The second-order valence-corrected chi connectivity index (χ2v) is 5.27. The Morgan fingerprint density at radius 1 is 1.41 bits per heavy atom. The quantitative estimate of drug-likeness (QED) is 0.728. The molecule has 10 heteroatoms. The summed E-state index contributed by atoms with van der Waals surface area (Å²) in [6.07, 6.45) is 1.25. The van der Waals surface area contributed by atoms with Crippen molar-refractivity contribution in [1.82, 2.24) is 19.4 Å². The van der Waals surface area contributed by atoms with Crippen LogP contribution in [-0.2, 0) is 24.9 Å². The molecule has 0 fully saturated rings. The van der Waals surface area contributed by atoms with Gasteiger partial charge < -0.3 is 10.4 Å². The fourth-order valence-electron chi connectivity index (χ4n) is 1.61. The molecule has 22 heavy (non-hydrogen) atoms. The Kier molecular flexibility index (Phi) is 4.51. The molecule has 0 saturated heterocycles. The molecule has 0 radical (unpaired) electrons. The standard InChI is InChI=1S/C12H12N4O5S/c1-15-10(18)2-3-16(12(15)21)5-8(17)13-4-9-14-7(6-22-9)11(19)20/h2-3,6H,4-5H2,1H3,(H,13,17)(H,19,20). The summed E-state index contributed by atoms with van der Waals surface area (Å²) in [5.41, 5.74) is -1.13. The Bertz CT molecular complexity index is 835. The lowest BCUT2D eigenvalue weighted by Gasteiger charge is -2.07. The summed E-state index contributed by atoms with van der Waals surface area (Å²) in [6, 6.07) is 1.19. The van der Waals surface area contributed by atoms with Crippen LogP contribution in [0, 0.1) is 0 Å². The first-order valence-electron chi connectivity index (χ1n) is 6.09. The zero-order valence-electron chi connectivity index (χ0n) is 11.5. The van der Waals surface area contributed by atoms with Crippen molar-refractivity contribution in [2.24, 2.45) is 7.05 Å². The zero-order chi connectivity index (χ0) is 16.3. The molecule has 2 aromatic heterocycles. The van der Waals surface area contributed by atoms with E-state index >= 15 is 0 Å². The van der Waals surface area contributed by atoms with E-state index in [0.29, 0.717) is 5.01 Å². The van der Waals surface area contributed by atoms with E-state index in [9.17, 15) is 19.2 Å². The molecule has 0 atom stereocenters. The molecule has 2 rings (SSSR count). The molecule has 0 aliphatic rings. The molecular formula is C12H12N4O5S. The normalized spacial score (nSPS) is 10.4. The Morgan fingerprint density at radius 3 is 2.77 bits per heavy atom. The van der Waals surface area contributed by atoms with Crippen LogP contribution in [-0.4, -0.2) is 31.1 Å². The Hall–Kier alpha value is -2.75. The number of aromatic nitrogens is 3. The number of aromatic carboxylic acids is 1. The molecule has 0 aliphatic carbocycles. The Morgan fingerprint density at radius 2 is 2.14 bits per heavy atom. The molecule has 0 aliphatic heterocycles. The smallest absolute Gasteiger partial charge is 0.355 e. The van der Waals surface area contributed by atoms with Crippen LogP contribution in [0.2, 0.25) is 0 Å². The Labute approximate surface area is 127 Å². The molecule has 0 aromatic carbocycles. The van der Waals surface area contributed by atoms with Crippen molar-refractivity contribution < 1.29 is 14.7 Å². The monoisotopic (exact) mass is 324 g/mol. The van der Waals surface area contributed by atoms with Gasteiger partial charge in [-0.2, -0.15) is 0 Å². The fraction of sp³-hybridized carbons (Fsp3) is 0.250. The molecule has 1 amide bonds. The molecule has 0 unspecified atom stereocenters. The summed E-state index contributed by atoms with van der Waals surface area (Å²) >= 11 is 1.11. The van der Waals surface area contributed by atoms with E-state index in [4.69, 9.17) is 5.11 Å². The van der Waals surface area contributed by atoms with Crippen LogP contribution in [0.25, 0.3) is 0 Å². The van der Waals surface area contributed by atoms with Gasteiger partial charge in [-0.05, 0) is 0 Å². The van der Waals surface area contributed by atoms with Crippen LogP contribution in [0.4, 0.5) is 0 Å². The van der Waals surface area contributed by atoms with Gasteiger partial charge in [-0.15, -0.1) is 11.3 Å². The minimum Gasteiger partial charge on any atom is -0.476 e. The molecule has 116 valence electrons. The van der Waals surface area contributed by atoms with Crippen molar-refractivity contribution in [2.45, 2.75) is 13.1 Å². The zero-order valence-corrected chi connectivity index (χ0v) is 12.3. The van der Waals surface area contributed by atoms with Crippen LogP contribution in [0.5, 0.6) is 0 Å². The third kappa shape index (κ3) is 3.47. The van der Waals surface area contributed by atoms with Crippen LogP contribution < -0.4 is 16.6 Å². The van der Waals surface area contributed by atoms with Crippen LogP contribution in [0.3, 0.4) is 0 Å². The van der Waals surface area contributed by atoms with Crippen molar-refractivity contribution >= 4 is 23.2 Å². The van der Waals surface area contributed by atoms with Crippen molar-refractivity contribution in [2.75, 3.05) is 0 Å². The van der Waals surface area contributed by atoms with Crippen molar-refractivity contribution in [3.8, 4) is 0 Å². The first kappa shape index (κ1) is 15.6. The number of carboxylic acids is 1. The third-order valence-corrected chi connectivity index (χ3v) is 3.63. The summed E-state index contributed by atoms with van der Waals surface area (Å²) in [5.74, 6) is -1.58. The first-order valence-corrected chi connectivity index (χ1v) is 6.97. The molecule has 0 spiro atoms.